The second kappa shape index (κ2) is 19.0. The van der Waals surface area contributed by atoms with Gasteiger partial charge in [-0.25, -0.2) is 4.98 Å². The van der Waals surface area contributed by atoms with Crippen LogP contribution in [0.2, 0.25) is 0 Å². The molecule has 1 atom stereocenters. The Morgan fingerprint density at radius 1 is 0.833 bits per heavy atom. The number of aryl methyl sites for hydroxylation is 3. The van der Waals surface area contributed by atoms with E-state index in [2.05, 4.69) is 67.7 Å². The maximum Gasteiger partial charge on any atom is 0.264 e. The van der Waals surface area contributed by atoms with Crippen LogP contribution < -0.4 is 16.0 Å². The average molecular weight is 810 g/mol. The lowest BCUT2D eigenvalue weighted by atomic mass is 9.90. The molecule has 5 aromatic rings. The van der Waals surface area contributed by atoms with Gasteiger partial charge in [0.1, 0.15) is 17.6 Å². The molecule has 4 amide bonds. The summed E-state index contributed by atoms with van der Waals surface area (Å²) in [4.78, 5) is 60.4. The van der Waals surface area contributed by atoms with E-state index >= 15 is 0 Å². The lowest BCUT2D eigenvalue weighted by molar-refractivity contribution is -0.136. The van der Waals surface area contributed by atoms with E-state index in [1.54, 1.807) is 29.1 Å². The minimum atomic E-state index is -1.02. The summed E-state index contributed by atoms with van der Waals surface area (Å²) in [7, 11) is 0. The first-order chi connectivity index (χ1) is 29.4. The number of imide groups is 2. The van der Waals surface area contributed by atoms with Crippen LogP contribution in [0.3, 0.4) is 0 Å². The predicted molar refractivity (Wildman–Crippen MR) is 225 cm³/mol. The fourth-order valence-electron chi connectivity index (χ4n) is 7.77. The van der Waals surface area contributed by atoms with Gasteiger partial charge in [-0.3, -0.25) is 39.1 Å². The van der Waals surface area contributed by atoms with E-state index in [0.29, 0.717) is 51.7 Å². The van der Waals surface area contributed by atoms with Crippen LogP contribution in [0.1, 0.15) is 80.8 Å². The summed E-state index contributed by atoms with van der Waals surface area (Å²) in [6.45, 7) is 3.05. The molecule has 1 saturated heterocycles. The second-order valence-corrected chi connectivity index (χ2v) is 15.0. The Balaban J connectivity index is 0.754. The van der Waals surface area contributed by atoms with Gasteiger partial charge in [-0.1, -0.05) is 47.7 Å². The normalized spacial score (nSPS) is 16.3. The van der Waals surface area contributed by atoms with Crippen molar-refractivity contribution < 1.29 is 28.7 Å². The van der Waals surface area contributed by atoms with E-state index in [1.807, 2.05) is 30.7 Å². The highest BCUT2D eigenvalue weighted by Crippen LogP contribution is 2.32. The molecule has 1 fully saturated rings. The number of carbonyl (C=O) groups excluding carboxylic acids is 4. The molecule has 60 heavy (non-hydrogen) atoms. The molecule has 3 aromatic heterocycles. The van der Waals surface area contributed by atoms with E-state index in [4.69, 9.17) is 14.5 Å². The summed E-state index contributed by atoms with van der Waals surface area (Å²) in [6.07, 6.45) is 17.5. The van der Waals surface area contributed by atoms with Gasteiger partial charge in [0.2, 0.25) is 11.8 Å². The van der Waals surface area contributed by atoms with Crippen molar-refractivity contribution in [3.05, 3.63) is 118 Å². The molecule has 1 aliphatic carbocycles. The Kier molecular flexibility index (Phi) is 12.7. The summed E-state index contributed by atoms with van der Waals surface area (Å²) >= 11 is 0. The minimum Gasteiger partial charge on any atom is -0.382 e. The van der Waals surface area contributed by atoms with Gasteiger partial charge < -0.3 is 20.1 Å². The van der Waals surface area contributed by atoms with Crippen LogP contribution in [0, 0.1) is 0 Å². The fraction of sp³-hybridized carbons (Fsp3) is 0.333. The lowest BCUT2D eigenvalue weighted by Gasteiger charge is -2.27. The van der Waals surface area contributed by atoms with Crippen molar-refractivity contribution in [2.24, 2.45) is 0 Å². The molecule has 3 N–H and O–H groups in total. The van der Waals surface area contributed by atoms with Crippen molar-refractivity contribution in [1.29, 1.82) is 0 Å². The molecule has 2 aromatic carbocycles. The quantitative estimate of drug-likeness (QED) is 0.0766. The molecule has 5 heterocycles. The number of nitrogens with zero attached hydrogens (tertiary/aromatic N) is 6. The first-order valence-electron chi connectivity index (χ1n) is 20.5. The van der Waals surface area contributed by atoms with Gasteiger partial charge in [-0.15, -0.1) is 5.10 Å². The Morgan fingerprint density at radius 2 is 1.72 bits per heavy atom. The number of rotatable bonds is 18. The molecule has 2 aliphatic heterocycles. The fourth-order valence-corrected chi connectivity index (χ4v) is 7.77. The Labute approximate surface area is 347 Å². The van der Waals surface area contributed by atoms with E-state index in [-0.39, 0.29) is 24.0 Å². The molecule has 15 nitrogen and oxygen atoms in total. The maximum absolute atomic E-state index is 13.3. The van der Waals surface area contributed by atoms with E-state index < -0.39 is 29.7 Å². The zero-order chi connectivity index (χ0) is 41.3. The number of piperidine rings is 1. The van der Waals surface area contributed by atoms with Crippen LogP contribution in [0.5, 0.6) is 0 Å². The molecule has 8 rings (SSSR count). The van der Waals surface area contributed by atoms with Crippen molar-refractivity contribution in [2.45, 2.75) is 64.1 Å². The highest BCUT2D eigenvalue weighted by atomic mass is 16.5. The van der Waals surface area contributed by atoms with Crippen molar-refractivity contribution in [3.63, 3.8) is 0 Å². The highest BCUT2D eigenvalue weighted by Gasteiger charge is 2.45. The van der Waals surface area contributed by atoms with Crippen molar-refractivity contribution in [2.75, 3.05) is 43.5 Å². The number of pyridine rings is 2. The van der Waals surface area contributed by atoms with Gasteiger partial charge in [-0.2, -0.15) is 0 Å². The molecule has 0 spiro atoms. The predicted octanol–water partition coefficient (Wildman–Crippen LogP) is 5.33. The van der Waals surface area contributed by atoms with Crippen molar-refractivity contribution >= 4 is 47.3 Å². The second-order valence-electron chi connectivity index (χ2n) is 15.0. The standard InChI is InChI=1S/C45H47N9O6/c55-40-16-15-39(43(56)50-40)54-44(57)37-9-3-10-38(41(37)45(54)58)47-19-21-59-22-23-60-29-36-28-53(52-51-36)20-5-18-48-42-33(25-35(27-49-42)34-8-4-17-46-26-34)14-12-30-11-13-31-6-1-2-7-32(31)24-30/h3-4,8-14,17,24-28,39,47H,1-2,5-7,15-16,18-23,29H2,(H,48,49)(H,50,55,56)/b14-12+. The van der Waals surface area contributed by atoms with E-state index in [9.17, 15) is 19.2 Å². The maximum atomic E-state index is 13.3. The average Bonchev–Trinajstić information content (AvgIpc) is 3.83. The number of fused-ring (bicyclic) bond motifs is 2. The highest BCUT2D eigenvalue weighted by molar-refractivity contribution is 6.25. The third-order valence-electron chi connectivity index (χ3n) is 10.8. The van der Waals surface area contributed by atoms with Gasteiger partial charge >= 0.3 is 0 Å². The van der Waals surface area contributed by atoms with Gasteiger partial charge in [0, 0.05) is 67.0 Å². The van der Waals surface area contributed by atoms with Crippen molar-refractivity contribution in [3.8, 4) is 11.1 Å². The molecule has 0 saturated carbocycles. The molecule has 308 valence electrons. The topological polar surface area (TPSA) is 183 Å². The summed E-state index contributed by atoms with van der Waals surface area (Å²) in [6, 6.07) is 16.8. The number of hydrogen-bond donors (Lipinski definition) is 3. The van der Waals surface area contributed by atoms with Crippen LogP contribution in [-0.4, -0.2) is 92.4 Å². The van der Waals surface area contributed by atoms with Gasteiger partial charge in [0.15, 0.2) is 0 Å². The third kappa shape index (κ3) is 9.48. The largest absolute Gasteiger partial charge is 0.382 e. The SMILES string of the molecule is O=C1CCC(N2C(=O)c3cccc(NCCOCCOCc4cn(CCCNc5ncc(-c6cccnc6)cc5/C=C/c5ccc6c(c5)CCCC6)nn4)c3C2=O)C(=O)N1. The zero-order valence-corrected chi connectivity index (χ0v) is 33.3. The molecule has 15 heteroatoms. The Hall–Kier alpha value is -6.58. The van der Waals surface area contributed by atoms with Crippen LogP contribution in [0.15, 0.2) is 79.4 Å². The number of aromatic nitrogens is 5. The van der Waals surface area contributed by atoms with E-state index in [1.165, 1.54) is 36.0 Å². The summed E-state index contributed by atoms with van der Waals surface area (Å²) in [5, 5.41) is 17.4. The number of carbonyl (C=O) groups is 4. The number of anilines is 2. The Bertz CT molecular complexity index is 2400. The first kappa shape index (κ1) is 40.2. The first-order valence-corrected chi connectivity index (χ1v) is 20.5. The monoisotopic (exact) mass is 809 g/mol. The van der Waals surface area contributed by atoms with Gasteiger partial charge in [-0.05, 0) is 79.5 Å². The number of amides is 4. The van der Waals surface area contributed by atoms with Gasteiger partial charge in [0.05, 0.1) is 43.8 Å². The van der Waals surface area contributed by atoms with Crippen LogP contribution in [0.4, 0.5) is 11.5 Å². The number of benzene rings is 2. The molecular weight excluding hydrogens is 763 g/mol. The number of nitrogens with one attached hydrogen (secondary N) is 3. The smallest absolute Gasteiger partial charge is 0.264 e. The van der Waals surface area contributed by atoms with E-state index in [0.717, 1.165) is 45.9 Å². The van der Waals surface area contributed by atoms with Crippen LogP contribution >= 0.6 is 0 Å². The van der Waals surface area contributed by atoms with Crippen molar-refractivity contribution in [1.82, 2.24) is 35.2 Å². The lowest BCUT2D eigenvalue weighted by Crippen LogP contribution is -2.54. The third-order valence-corrected chi connectivity index (χ3v) is 10.8. The molecule has 0 bridgehead atoms. The molecule has 3 aliphatic rings. The number of hydrogen-bond acceptors (Lipinski definition) is 12. The zero-order valence-electron chi connectivity index (χ0n) is 33.3. The summed E-state index contributed by atoms with van der Waals surface area (Å²) < 4.78 is 13.3. The summed E-state index contributed by atoms with van der Waals surface area (Å²) in [5.74, 6) is -1.35. The van der Waals surface area contributed by atoms with Crippen LogP contribution in [-0.2, 0) is 45.1 Å². The van der Waals surface area contributed by atoms with Crippen LogP contribution in [0.25, 0.3) is 23.3 Å². The summed E-state index contributed by atoms with van der Waals surface area (Å²) in [5.41, 5.74) is 8.77. The number of ether oxygens (including phenoxy) is 2. The molecule has 1 unspecified atom stereocenters. The molecular formula is C45H47N9O6. The molecule has 0 radical (unpaired) electrons. The minimum absolute atomic E-state index is 0.0639. The van der Waals surface area contributed by atoms with Gasteiger partial charge in [0.25, 0.3) is 11.8 Å². The Morgan fingerprint density at radius 3 is 2.58 bits per heavy atom.